The quantitative estimate of drug-likeness (QED) is 0.623. The van der Waals surface area contributed by atoms with Gasteiger partial charge in [0, 0.05) is 17.4 Å². The molecule has 0 spiro atoms. The Labute approximate surface area is 138 Å². The molecule has 0 saturated carbocycles. The van der Waals surface area contributed by atoms with Gasteiger partial charge in [-0.15, -0.1) is 0 Å². The number of unbranched alkanes of at least 4 members (excludes halogenated alkanes) is 3. The zero-order valence-corrected chi connectivity index (χ0v) is 14.1. The highest BCUT2D eigenvalue weighted by Crippen LogP contribution is 2.15. The summed E-state index contributed by atoms with van der Waals surface area (Å²) in [6.07, 6.45) is 5.18. The van der Waals surface area contributed by atoms with Crippen molar-refractivity contribution < 1.29 is 14.3 Å². The van der Waals surface area contributed by atoms with Crippen molar-refractivity contribution in [3.8, 4) is 0 Å². The second kappa shape index (κ2) is 10.5. The number of anilines is 2. The molecule has 0 heterocycles. The minimum absolute atomic E-state index is 0.128. The number of hydrogen-bond donors (Lipinski definition) is 3. The normalized spacial score (nSPS) is 11.4. The Hall–Kier alpha value is -2.24. The van der Waals surface area contributed by atoms with Crippen LogP contribution in [-0.4, -0.2) is 25.3 Å². The molecule has 0 aliphatic rings. The molecule has 1 aromatic carbocycles. The maximum absolute atomic E-state index is 12.0. The van der Waals surface area contributed by atoms with Crippen LogP contribution in [0.25, 0.3) is 0 Å². The number of methoxy groups -OCH3 is 1. The van der Waals surface area contributed by atoms with Crippen LogP contribution >= 0.6 is 0 Å². The number of carbonyl (C=O) groups excluding carboxylic acids is 2. The Morgan fingerprint density at radius 3 is 2.48 bits per heavy atom. The summed E-state index contributed by atoms with van der Waals surface area (Å²) in [4.78, 5) is 23.1. The fourth-order valence-electron chi connectivity index (χ4n) is 2.18. The van der Waals surface area contributed by atoms with Crippen molar-refractivity contribution in [1.82, 2.24) is 5.32 Å². The molecular weight excluding hydrogens is 294 g/mol. The molecule has 3 amide bonds. The summed E-state index contributed by atoms with van der Waals surface area (Å²) >= 11 is 0. The van der Waals surface area contributed by atoms with E-state index in [0.717, 1.165) is 12.8 Å². The Balaban J connectivity index is 2.41. The summed E-state index contributed by atoms with van der Waals surface area (Å²) in [7, 11) is 1.30. The summed E-state index contributed by atoms with van der Waals surface area (Å²) in [5.74, 6) is 0. The summed E-state index contributed by atoms with van der Waals surface area (Å²) < 4.78 is 4.53. The standard InChI is InChI=1S/C17H27N3O3/c1-4-5-6-7-9-13(2)18-16(21)19-14-10-8-11-15(12-14)20-17(22)23-3/h8,10-13H,4-7,9H2,1-3H3,(H,20,22)(H2,18,19,21). The summed E-state index contributed by atoms with van der Waals surface area (Å²) in [5.41, 5.74) is 1.16. The molecule has 6 nitrogen and oxygen atoms in total. The second-order valence-electron chi connectivity index (χ2n) is 5.55. The highest BCUT2D eigenvalue weighted by atomic mass is 16.5. The number of ether oxygens (including phenoxy) is 1. The number of amides is 3. The number of benzene rings is 1. The molecule has 1 rings (SSSR count). The fourth-order valence-corrected chi connectivity index (χ4v) is 2.18. The first-order valence-electron chi connectivity index (χ1n) is 8.07. The van der Waals surface area contributed by atoms with Crippen molar-refractivity contribution in [2.24, 2.45) is 0 Å². The largest absolute Gasteiger partial charge is 0.453 e. The average Bonchev–Trinajstić information content (AvgIpc) is 2.51. The molecule has 0 saturated heterocycles. The zero-order valence-electron chi connectivity index (χ0n) is 14.1. The molecular formula is C17H27N3O3. The van der Waals surface area contributed by atoms with Gasteiger partial charge in [0.2, 0.25) is 0 Å². The molecule has 6 heteroatoms. The molecule has 0 fully saturated rings. The third-order valence-corrected chi connectivity index (χ3v) is 3.42. The van der Waals surface area contributed by atoms with Gasteiger partial charge in [0.1, 0.15) is 0 Å². The third kappa shape index (κ3) is 8.09. The van der Waals surface area contributed by atoms with E-state index in [-0.39, 0.29) is 12.1 Å². The summed E-state index contributed by atoms with van der Waals surface area (Å²) in [6.45, 7) is 4.18. The number of urea groups is 1. The van der Waals surface area contributed by atoms with E-state index in [0.29, 0.717) is 11.4 Å². The van der Waals surface area contributed by atoms with Crippen molar-refractivity contribution in [1.29, 1.82) is 0 Å². The maximum Gasteiger partial charge on any atom is 0.411 e. The van der Waals surface area contributed by atoms with Gasteiger partial charge in [0.25, 0.3) is 0 Å². The molecule has 0 aliphatic heterocycles. The topological polar surface area (TPSA) is 79.5 Å². The van der Waals surface area contributed by atoms with Crippen molar-refractivity contribution in [3.05, 3.63) is 24.3 Å². The van der Waals surface area contributed by atoms with E-state index in [2.05, 4.69) is 27.6 Å². The van der Waals surface area contributed by atoms with Gasteiger partial charge in [0.15, 0.2) is 0 Å². The van der Waals surface area contributed by atoms with Crippen LogP contribution in [0.4, 0.5) is 21.0 Å². The Kier molecular flexibility index (Phi) is 8.57. The first kappa shape index (κ1) is 18.8. The highest BCUT2D eigenvalue weighted by Gasteiger charge is 2.08. The van der Waals surface area contributed by atoms with E-state index < -0.39 is 6.09 Å². The predicted molar refractivity (Wildman–Crippen MR) is 92.8 cm³/mol. The van der Waals surface area contributed by atoms with E-state index in [9.17, 15) is 9.59 Å². The molecule has 1 atom stereocenters. The number of carbonyl (C=O) groups is 2. The lowest BCUT2D eigenvalue weighted by Crippen LogP contribution is -2.36. The van der Waals surface area contributed by atoms with Crippen LogP contribution in [0.15, 0.2) is 24.3 Å². The van der Waals surface area contributed by atoms with Gasteiger partial charge in [-0.05, 0) is 31.5 Å². The first-order chi connectivity index (χ1) is 11.0. The Bertz CT molecular complexity index is 506. The lowest BCUT2D eigenvalue weighted by Gasteiger charge is -2.15. The molecule has 128 valence electrons. The van der Waals surface area contributed by atoms with Gasteiger partial charge < -0.3 is 15.4 Å². The Morgan fingerprint density at radius 1 is 1.13 bits per heavy atom. The minimum Gasteiger partial charge on any atom is -0.453 e. The monoisotopic (exact) mass is 321 g/mol. The Morgan fingerprint density at radius 2 is 1.83 bits per heavy atom. The van der Waals surface area contributed by atoms with Crippen LogP contribution in [0.2, 0.25) is 0 Å². The van der Waals surface area contributed by atoms with Crippen LogP contribution < -0.4 is 16.0 Å². The van der Waals surface area contributed by atoms with Crippen molar-refractivity contribution in [3.63, 3.8) is 0 Å². The van der Waals surface area contributed by atoms with E-state index in [1.165, 1.54) is 26.4 Å². The van der Waals surface area contributed by atoms with Crippen LogP contribution in [0.1, 0.15) is 46.0 Å². The predicted octanol–water partition coefficient (Wildman–Crippen LogP) is 4.35. The van der Waals surface area contributed by atoms with Gasteiger partial charge in [-0.3, -0.25) is 5.32 Å². The van der Waals surface area contributed by atoms with Gasteiger partial charge in [0.05, 0.1) is 7.11 Å². The van der Waals surface area contributed by atoms with Crippen LogP contribution in [-0.2, 0) is 4.74 Å². The van der Waals surface area contributed by atoms with E-state index in [1.807, 2.05) is 6.92 Å². The van der Waals surface area contributed by atoms with Crippen LogP contribution in [0, 0.1) is 0 Å². The van der Waals surface area contributed by atoms with Crippen LogP contribution in [0.5, 0.6) is 0 Å². The van der Waals surface area contributed by atoms with E-state index in [1.54, 1.807) is 24.3 Å². The molecule has 0 aromatic heterocycles. The van der Waals surface area contributed by atoms with Gasteiger partial charge in [-0.2, -0.15) is 0 Å². The van der Waals surface area contributed by atoms with Gasteiger partial charge in [-0.1, -0.05) is 38.7 Å². The van der Waals surface area contributed by atoms with Gasteiger partial charge in [-0.25, -0.2) is 9.59 Å². The van der Waals surface area contributed by atoms with E-state index >= 15 is 0 Å². The molecule has 0 radical (unpaired) electrons. The lowest BCUT2D eigenvalue weighted by atomic mass is 10.1. The third-order valence-electron chi connectivity index (χ3n) is 3.42. The molecule has 23 heavy (non-hydrogen) atoms. The van der Waals surface area contributed by atoms with Crippen molar-refractivity contribution >= 4 is 23.5 Å². The first-order valence-corrected chi connectivity index (χ1v) is 8.07. The molecule has 0 aliphatic carbocycles. The molecule has 3 N–H and O–H groups in total. The lowest BCUT2D eigenvalue weighted by molar-refractivity contribution is 0.187. The molecule has 1 unspecified atom stereocenters. The van der Waals surface area contributed by atoms with Crippen molar-refractivity contribution in [2.75, 3.05) is 17.7 Å². The molecule has 0 bridgehead atoms. The van der Waals surface area contributed by atoms with Crippen molar-refractivity contribution in [2.45, 2.75) is 52.0 Å². The summed E-state index contributed by atoms with van der Waals surface area (Å²) in [6, 6.07) is 6.77. The van der Waals surface area contributed by atoms with Crippen LogP contribution in [0.3, 0.4) is 0 Å². The maximum atomic E-state index is 12.0. The molecule has 1 aromatic rings. The van der Waals surface area contributed by atoms with Gasteiger partial charge >= 0.3 is 12.1 Å². The number of nitrogens with one attached hydrogen (secondary N) is 3. The second-order valence-corrected chi connectivity index (χ2v) is 5.55. The highest BCUT2D eigenvalue weighted by molar-refractivity contribution is 5.91. The van der Waals surface area contributed by atoms with E-state index in [4.69, 9.17) is 0 Å². The number of hydrogen-bond acceptors (Lipinski definition) is 3. The number of rotatable bonds is 8. The smallest absolute Gasteiger partial charge is 0.411 e. The average molecular weight is 321 g/mol. The minimum atomic E-state index is -0.549. The zero-order chi connectivity index (χ0) is 17.1. The summed E-state index contributed by atoms with van der Waals surface area (Å²) in [5, 5.41) is 8.23. The fraction of sp³-hybridized carbons (Fsp3) is 0.529. The SMILES string of the molecule is CCCCCCC(C)NC(=O)Nc1cccc(NC(=O)OC)c1.